The number of nitrogens with zero attached hydrogens (tertiary/aromatic N) is 1. The minimum Gasteiger partial charge on any atom is -0.364 e. The van der Waals surface area contributed by atoms with Gasteiger partial charge in [0.1, 0.15) is 6.10 Å². The van der Waals surface area contributed by atoms with Gasteiger partial charge in [0, 0.05) is 25.6 Å². The van der Waals surface area contributed by atoms with Gasteiger partial charge in [-0.3, -0.25) is 4.79 Å². The van der Waals surface area contributed by atoms with Crippen LogP contribution in [-0.4, -0.2) is 49.2 Å². The third-order valence-electron chi connectivity index (χ3n) is 4.93. The number of hydrogen-bond donors (Lipinski definition) is 2. The van der Waals surface area contributed by atoms with Gasteiger partial charge in [0.15, 0.2) is 0 Å². The van der Waals surface area contributed by atoms with Crippen LogP contribution in [0.5, 0.6) is 0 Å². The van der Waals surface area contributed by atoms with Gasteiger partial charge in [-0.2, -0.15) is 0 Å². The second kappa shape index (κ2) is 6.77. The van der Waals surface area contributed by atoms with E-state index in [-0.39, 0.29) is 18.1 Å². The highest BCUT2D eigenvalue weighted by molar-refractivity contribution is 5.81. The third kappa shape index (κ3) is 3.02. The fourth-order valence-corrected chi connectivity index (χ4v) is 3.63. The lowest BCUT2D eigenvalue weighted by atomic mass is 9.89. The Labute approximate surface area is 131 Å². The summed E-state index contributed by atoms with van der Waals surface area (Å²) in [5.74, 6) is 0.743. The van der Waals surface area contributed by atoms with Crippen LogP contribution in [-0.2, 0) is 9.53 Å². The van der Waals surface area contributed by atoms with Crippen molar-refractivity contribution in [2.75, 3.05) is 26.2 Å². The fraction of sp³-hybridized carbons (Fsp3) is 0.588. The molecule has 2 heterocycles. The minimum absolute atomic E-state index is 0.0341. The Hall–Kier alpha value is -1.43. The molecule has 2 aliphatic heterocycles. The molecule has 120 valence electrons. The summed E-state index contributed by atoms with van der Waals surface area (Å²) in [4.78, 5) is 14.6. The van der Waals surface area contributed by atoms with E-state index in [2.05, 4.69) is 12.1 Å². The van der Waals surface area contributed by atoms with Crippen molar-refractivity contribution in [1.29, 1.82) is 0 Å². The zero-order chi connectivity index (χ0) is 15.5. The van der Waals surface area contributed by atoms with Crippen LogP contribution in [0.1, 0.15) is 24.3 Å². The highest BCUT2D eigenvalue weighted by Gasteiger charge is 2.39. The lowest BCUT2D eigenvalue weighted by Crippen LogP contribution is -2.38. The highest BCUT2D eigenvalue weighted by Crippen LogP contribution is 2.33. The predicted octanol–water partition coefficient (Wildman–Crippen LogP) is 0.694. The van der Waals surface area contributed by atoms with Crippen molar-refractivity contribution in [3.63, 3.8) is 0 Å². The maximum atomic E-state index is 12.7. The van der Waals surface area contributed by atoms with Crippen LogP contribution in [0.25, 0.3) is 0 Å². The van der Waals surface area contributed by atoms with Crippen LogP contribution in [0.2, 0.25) is 0 Å². The second-order valence-electron chi connectivity index (χ2n) is 6.32. The summed E-state index contributed by atoms with van der Waals surface area (Å²) in [6.45, 7) is 2.54. The van der Waals surface area contributed by atoms with E-state index >= 15 is 0 Å². The lowest BCUT2D eigenvalue weighted by molar-refractivity contribution is -0.141. The number of rotatable bonds is 4. The maximum Gasteiger partial charge on any atom is 0.251 e. The van der Waals surface area contributed by atoms with Crippen LogP contribution in [0.4, 0.5) is 0 Å². The van der Waals surface area contributed by atoms with Crippen molar-refractivity contribution < 1.29 is 9.53 Å². The molecule has 0 bridgehead atoms. The van der Waals surface area contributed by atoms with Gasteiger partial charge in [0.2, 0.25) is 0 Å². The van der Waals surface area contributed by atoms with E-state index in [1.807, 2.05) is 23.1 Å². The molecule has 0 saturated carbocycles. The van der Waals surface area contributed by atoms with E-state index in [1.54, 1.807) is 0 Å². The molecule has 4 atom stereocenters. The van der Waals surface area contributed by atoms with Crippen LogP contribution >= 0.6 is 0 Å². The van der Waals surface area contributed by atoms with Gasteiger partial charge in [-0.1, -0.05) is 30.3 Å². The number of ether oxygens (including phenoxy) is 1. The average molecular weight is 303 g/mol. The van der Waals surface area contributed by atoms with Gasteiger partial charge in [0.05, 0.1) is 6.10 Å². The molecule has 1 aromatic carbocycles. The normalized spacial score (nSPS) is 31.6. The van der Waals surface area contributed by atoms with Crippen molar-refractivity contribution >= 4 is 5.91 Å². The molecule has 2 fully saturated rings. The Morgan fingerprint density at radius 1 is 1.14 bits per heavy atom. The third-order valence-corrected chi connectivity index (χ3v) is 4.93. The number of nitrogens with two attached hydrogens (primary N) is 2. The molecule has 5 heteroatoms. The predicted molar refractivity (Wildman–Crippen MR) is 85.3 cm³/mol. The van der Waals surface area contributed by atoms with E-state index in [4.69, 9.17) is 16.2 Å². The molecule has 4 N–H and O–H groups in total. The van der Waals surface area contributed by atoms with Crippen LogP contribution in [0.15, 0.2) is 30.3 Å². The average Bonchev–Trinajstić information content (AvgIpc) is 3.21. The van der Waals surface area contributed by atoms with Crippen molar-refractivity contribution in [3.05, 3.63) is 35.9 Å². The minimum atomic E-state index is -0.318. The highest BCUT2D eigenvalue weighted by atomic mass is 16.5. The largest absolute Gasteiger partial charge is 0.364 e. The number of benzene rings is 1. The number of likely N-dealkylation sites (tertiary alicyclic amines) is 1. The van der Waals surface area contributed by atoms with Gasteiger partial charge in [-0.05, 0) is 30.9 Å². The number of carbonyl (C=O) groups excluding carboxylic acids is 1. The molecule has 2 aliphatic rings. The summed E-state index contributed by atoms with van der Waals surface area (Å²) in [6.07, 6.45) is 1.37. The summed E-state index contributed by atoms with van der Waals surface area (Å²) in [7, 11) is 0. The van der Waals surface area contributed by atoms with Crippen LogP contribution in [0.3, 0.4) is 0 Å². The van der Waals surface area contributed by atoms with E-state index < -0.39 is 0 Å². The molecule has 1 amide bonds. The zero-order valence-corrected chi connectivity index (χ0v) is 12.9. The molecule has 22 heavy (non-hydrogen) atoms. The van der Waals surface area contributed by atoms with Crippen molar-refractivity contribution in [2.45, 2.75) is 31.0 Å². The Kier molecular flexibility index (Phi) is 4.76. The van der Waals surface area contributed by atoms with Gasteiger partial charge < -0.3 is 21.1 Å². The zero-order valence-electron chi connectivity index (χ0n) is 12.9. The SMILES string of the molecule is NC[C@H]1CC[C@@H](C(=O)N2C[C@@H](CN)[C@H](c3ccccc3)C2)O1. The standard InChI is InChI=1S/C17H25N3O2/c18-8-13-10-20(11-15(13)12-4-2-1-3-5-12)17(21)16-7-6-14(9-19)22-16/h1-5,13-16H,6-11,18-19H2/t13-,14-,15+,16+/m1/s1. The van der Waals surface area contributed by atoms with Gasteiger partial charge in [-0.25, -0.2) is 0 Å². The lowest BCUT2D eigenvalue weighted by Gasteiger charge is -2.21. The molecular formula is C17H25N3O2. The van der Waals surface area contributed by atoms with Gasteiger partial charge >= 0.3 is 0 Å². The Morgan fingerprint density at radius 3 is 2.55 bits per heavy atom. The van der Waals surface area contributed by atoms with E-state index in [9.17, 15) is 4.79 Å². The smallest absolute Gasteiger partial charge is 0.251 e. The first-order valence-electron chi connectivity index (χ1n) is 8.12. The Balaban J connectivity index is 1.68. The number of hydrogen-bond acceptors (Lipinski definition) is 4. The molecule has 3 rings (SSSR count). The molecule has 1 aromatic rings. The van der Waals surface area contributed by atoms with Crippen molar-refractivity contribution in [1.82, 2.24) is 4.90 Å². The number of carbonyl (C=O) groups is 1. The van der Waals surface area contributed by atoms with Gasteiger partial charge in [-0.15, -0.1) is 0 Å². The Bertz CT molecular complexity index is 508. The molecule has 0 spiro atoms. The molecule has 5 nitrogen and oxygen atoms in total. The molecular weight excluding hydrogens is 278 g/mol. The van der Waals surface area contributed by atoms with E-state index in [1.165, 1.54) is 5.56 Å². The first-order valence-corrected chi connectivity index (χ1v) is 8.12. The van der Waals surface area contributed by atoms with Crippen LogP contribution < -0.4 is 11.5 Å². The van der Waals surface area contributed by atoms with Crippen molar-refractivity contribution in [2.24, 2.45) is 17.4 Å². The summed E-state index contributed by atoms with van der Waals surface area (Å²) in [6, 6.07) is 10.3. The van der Waals surface area contributed by atoms with Gasteiger partial charge in [0.25, 0.3) is 5.91 Å². The van der Waals surface area contributed by atoms with Crippen molar-refractivity contribution in [3.8, 4) is 0 Å². The number of amides is 1. The molecule has 2 saturated heterocycles. The molecule has 0 radical (unpaired) electrons. The Morgan fingerprint density at radius 2 is 1.91 bits per heavy atom. The second-order valence-corrected chi connectivity index (χ2v) is 6.32. The van der Waals surface area contributed by atoms with E-state index in [0.717, 1.165) is 25.9 Å². The molecule has 0 unspecified atom stereocenters. The van der Waals surface area contributed by atoms with Crippen LogP contribution in [0, 0.1) is 5.92 Å². The summed E-state index contributed by atoms with van der Waals surface area (Å²) in [5, 5.41) is 0. The summed E-state index contributed by atoms with van der Waals surface area (Å²) in [5.41, 5.74) is 12.8. The first kappa shape index (κ1) is 15.5. The fourth-order valence-electron chi connectivity index (χ4n) is 3.63. The monoisotopic (exact) mass is 303 g/mol. The topological polar surface area (TPSA) is 81.6 Å². The molecule has 0 aliphatic carbocycles. The summed E-state index contributed by atoms with van der Waals surface area (Å²) >= 11 is 0. The molecule has 0 aromatic heterocycles. The summed E-state index contributed by atoms with van der Waals surface area (Å²) < 4.78 is 5.75. The maximum absolute atomic E-state index is 12.7. The van der Waals surface area contributed by atoms with E-state index in [0.29, 0.717) is 24.9 Å². The quantitative estimate of drug-likeness (QED) is 0.857. The first-order chi connectivity index (χ1) is 10.7.